The number of rotatable bonds is 4. The summed E-state index contributed by atoms with van der Waals surface area (Å²) in [5, 5.41) is 20.4. The molecule has 19 heavy (non-hydrogen) atoms. The van der Waals surface area contributed by atoms with Crippen molar-refractivity contribution in [2.75, 3.05) is 31.1 Å². The summed E-state index contributed by atoms with van der Waals surface area (Å²) in [5.41, 5.74) is 1.11. The summed E-state index contributed by atoms with van der Waals surface area (Å²) < 4.78 is 0. The van der Waals surface area contributed by atoms with Crippen molar-refractivity contribution in [1.82, 2.24) is 4.90 Å². The predicted octanol–water partition coefficient (Wildman–Crippen LogP) is 1.45. The molecule has 104 valence electrons. The van der Waals surface area contributed by atoms with E-state index in [1.54, 1.807) is 12.1 Å². The number of hydrogen-bond donors (Lipinski definition) is 1. The topological polar surface area (TPSA) is 69.8 Å². The number of nitro groups is 1. The van der Waals surface area contributed by atoms with Crippen molar-refractivity contribution in [2.24, 2.45) is 0 Å². The molecule has 0 bridgehead atoms. The van der Waals surface area contributed by atoms with E-state index in [0.29, 0.717) is 0 Å². The van der Waals surface area contributed by atoms with Gasteiger partial charge in [0, 0.05) is 44.0 Å². The molecule has 6 nitrogen and oxygen atoms in total. The van der Waals surface area contributed by atoms with E-state index in [2.05, 4.69) is 9.80 Å². The van der Waals surface area contributed by atoms with Crippen LogP contribution in [0.25, 0.3) is 0 Å². The molecule has 0 radical (unpaired) electrons. The maximum absolute atomic E-state index is 10.6. The number of nitro benzene ring substituents is 1. The lowest BCUT2D eigenvalue weighted by atomic mass is 10.2. The standard InChI is InChI=1S/C13H19N3O3/c1-2-13(17)15-9-7-14(8-10-15)11-3-5-12(6-4-11)16(18)19/h3-6,13,17H,2,7-10H2,1H3/t13-/m0/s1. The Balaban J connectivity index is 1.96. The summed E-state index contributed by atoms with van der Waals surface area (Å²) in [6, 6.07) is 6.62. The number of piperazine rings is 1. The number of non-ortho nitro benzene ring substituents is 1. The van der Waals surface area contributed by atoms with Crippen LogP contribution in [0, 0.1) is 10.1 Å². The highest BCUT2D eigenvalue weighted by molar-refractivity contribution is 5.51. The fourth-order valence-electron chi connectivity index (χ4n) is 2.32. The van der Waals surface area contributed by atoms with Gasteiger partial charge in [-0.3, -0.25) is 15.0 Å². The molecule has 0 unspecified atom stereocenters. The Morgan fingerprint density at radius 2 is 1.84 bits per heavy atom. The van der Waals surface area contributed by atoms with Crippen molar-refractivity contribution in [3.05, 3.63) is 34.4 Å². The minimum atomic E-state index is -0.390. The molecule has 6 heteroatoms. The number of benzene rings is 1. The van der Waals surface area contributed by atoms with Crippen molar-refractivity contribution < 1.29 is 10.0 Å². The molecular weight excluding hydrogens is 246 g/mol. The molecule has 1 fully saturated rings. The van der Waals surface area contributed by atoms with Crippen LogP contribution in [-0.4, -0.2) is 47.3 Å². The summed E-state index contributed by atoms with van der Waals surface area (Å²) in [6.07, 6.45) is 0.372. The molecule has 1 aliphatic rings. The zero-order valence-corrected chi connectivity index (χ0v) is 11.0. The fourth-order valence-corrected chi connectivity index (χ4v) is 2.32. The summed E-state index contributed by atoms with van der Waals surface area (Å²) in [7, 11) is 0. The Hall–Kier alpha value is -1.66. The maximum Gasteiger partial charge on any atom is 0.269 e. The summed E-state index contributed by atoms with van der Waals surface area (Å²) >= 11 is 0. The fraction of sp³-hybridized carbons (Fsp3) is 0.538. The third kappa shape index (κ3) is 3.21. The highest BCUT2D eigenvalue weighted by atomic mass is 16.6. The van der Waals surface area contributed by atoms with Crippen molar-refractivity contribution >= 4 is 11.4 Å². The van der Waals surface area contributed by atoms with Gasteiger partial charge in [0.2, 0.25) is 0 Å². The first kappa shape index (κ1) is 13.8. The van der Waals surface area contributed by atoms with Crippen molar-refractivity contribution in [3.63, 3.8) is 0 Å². The molecule has 0 saturated carbocycles. The second kappa shape index (κ2) is 5.99. The van der Waals surface area contributed by atoms with Crippen molar-refractivity contribution in [1.29, 1.82) is 0 Å². The van der Waals surface area contributed by atoms with Crippen LogP contribution in [0.4, 0.5) is 11.4 Å². The predicted molar refractivity (Wildman–Crippen MR) is 73.2 cm³/mol. The average Bonchev–Trinajstić information content (AvgIpc) is 2.46. The molecule has 1 aliphatic heterocycles. The van der Waals surface area contributed by atoms with Crippen LogP contribution < -0.4 is 4.90 Å². The first-order chi connectivity index (χ1) is 9.11. The van der Waals surface area contributed by atoms with Gasteiger partial charge in [-0.1, -0.05) is 6.92 Å². The van der Waals surface area contributed by atoms with Crippen LogP contribution in [0.1, 0.15) is 13.3 Å². The van der Waals surface area contributed by atoms with Gasteiger partial charge in [-0.05, 0) is 18.6 Å². The molecule has 1 aromatic rings. The van der Waals surface area contributed by atoms with Gasteiger partial charge in [-0.15, -0.1) is 0 Å². The van der Waals surface area contributed by atoms with Gasteiger partial charge in [0.25, 0.3) is 5.69 Å². The Morgan fingerprint density at radius 3 is 2.32 bits per heavy atom. The number of aliphatic hydroxyl groups excluding tert-OH is 1. The second-order valence-electron chi connectivity index (χ2n) is 4.69. The molecule has 1 aromatic carbocycles. The zero-order chi connectivity index (χ0) is 13.8. The monoisotopic (exact) mass is 265 g/mol. The van der Waals surface area contributed by atoms with E-state index >= 15 is 0 Å². The third-order valence-corrected chi connectivity index (χ3v) is 3.53. The van der Waals surface area contributed by atoms with Gasteiger partial charge >= 0.3 is 0 Å². The lowest BCUT2D eigenvalue weighted by Gasteiger charge is -2.38. The second-order valence-corrected chi connectivity index (χ2v) is 4.69. The van der Waals surface area contributed by atoms with Crippen LogP contribution in [0.3, 0.4) is 0 Å². The van der Waals surface area contributed by atoms with Crippen molar-refractivity contribution in [2.45, 2.75) is 19.6 Å². The van der Waals surface area contributed by atoms with Gasteiger partial charge in [0.15, 0.2) is 0 Å². The molecule has 0 aliphatic carbocycles. The Bertz CT molecular complexity index is 427. The van der Waals surface area contributed by atoms with Gasteiger partial charge in [0.05, 0.1) is 4.92 Å². The van der Waals surface area contributed by atoms with E-state index in [1.807, 2.05) is 6.92 Å². The third-order valence-electron chi connectivity index (χ3n) is 3.53. The van der Waals surface area contributed by atoms with Gasteiger partial charge in [0.1, 0.15) is 6.23 Å². The Morgan fingerprint density at radius 1 is 1.26 bits per heavy atom. The number of nitrogens with zero attached hydrogens (tertiary/aromatic N) is 3. The van der Waals surface area contributed by atoms with Gasteiger partial charge < -0.3 is 10.0 Å². The number of anilines is 1. The number of hydrogen-bond acceptors (Lipinski definition) is 5. The van der Waals surface area contributed by atoms with Crippen molar-refractivity contribution in [3.8, 4) is 0 Å². The SMILES string of the molecule is CC[C@H](O)N1CCN(c2ccc([N+](=O)[O-])cc2)CC1. The largest absolute Gasteiger partial charge is 0.378 e. The summed E-state index contributed by atoms with van der Waals surface area (Å²) in [6.45, 7) is 5.25. The Kier molecular flexibility index (Phi) is 4.34. The van der Waals surface area contributed by atoms with E-state index in [-0.39, 0.29) is 16.8 Å². The maximum atomic E-state index is 10.6. The van der Waals surface area contributed by atoms with E-state index < -0.39 is 0 Å². The molecule has 0 aromatic heterocycles. The molecule has 2 rings (SSSR count). The van der Waals surface area contributed by atoms with E-state index in [4.69, 9.17) is 0 Å². The highest BCUT2D eigenvalue weighted by Gasteiger charge is 2.21. The zero-order valence-electron chi connectivity index (χ0n) is 11.0. The normalized spacial score (nSPS) is 18.3. The minimum Gasteiger partial charge on any atom is -0.378 e. The minimum absolute atomic E-state index is 0.115. The highest BCUT2D eigenvalue weighted by Crippen LogP contribution is 2.21. The first-order valence-electron chi connectivity index (χ1n) is 6.53. The molecule has 1 N–H and O–H groups in total. The van der Waals surface area contributed by atoms with Crippen LogP contribution in [0.2, 0.25) is 0 Å². The van der Waals surface area contributed by atoms with Crippen LogP contribution in [0.5, 0.6) is 0 Å². The molecule has 1 saturated heterocycles. The molecular formula is C13H19N3O3. The molecule has 1 heterocycles. The number of aliphatic hydroxyl groups is 1. The molecule has 0 amide bonds. The van der Waals surface area contributed by atoms with Crippen LogP contribution in [-0.2, 0) is 0 Å². The summed E-state index contributed by atoms with van der Waals surface area (Å²) in [4.78, 5) is 14.4. The van der Waals surface area contributed by atoms with E-state index in [9.17, 15) is 15.2 Å². The quantitative estimate of drug-likeness (QED) is 0.659. The van der Waals surface area contributed by atoms with Gasteiger partial charge in [-0.2, -0.15) is 0 Å². The molecule has 1 atom stereocenters. The lowest BCUT2D eigenvalue weighted by molar-refractivity contribution is -0.384. The molecule has 0 spiro atoms. The summed E-state index contributed by atoms with van der Waals surface area (Å²) in [5.74, 6) is 0. The van der Waals surface area contributed by atoms with E-state index in [0.717, 1.165) is 38.3 Å². The Labute approximate surface area is 112 Å². The van der Waals surface area contributed by atoms with Gasteiger partial charge in [-0.25, -0.2) is 0 Å². The van der Waals surface area contributed by atoms with E-state index in [1.165, 1.54) is 12.1 Å². The first-order valence-corrected chi connectivity index (χ1v) is 6.53. The lowest BCUT2D eigenvalue weighted by Crippen LogP contribution is -2.50. The van der Waals surface area contributed by atoms with Crippen LogP contribution in [0.15, 0.2) is 24.3 Å². The average molecular weight is 265 g/mol. The smallest absolute Gasteiger partial charge is 0.269 e. The van der Waals surface area contributed by atoms with Crippen LogP contribution >= 0.6 is 0 Å².